The Kier molecular flexibility index (Phi) is 5.47. The smallest absolute Gasteiger partial charge is 0.334 e. The lowest BCUT2D eigenvalue weighted by Crippen LogP contribution is -2.13. The van der Waals surface area contributed by atoms with E-state index in [-0.39, 0.29) is 12.1 Å². The molecule has 0 heterocycles. The minimum Gasteiger partial charge on any atom is -0.460 e. The summed E-state index contributed by atoms with van der Waals surface area (Å²) in [4.78, 5) is 11.9. The second-order valence-corrected chi connectivity index (χ2v) is 4.28. The van der Waals surface area contributed by atoms with Gasteiger partial charge < -0.3 is 4.74 Å². The zero-order valence-electron chi connectivity index (χ0n) is 10.8. The maximum Gasteiger partial charge on any atom is 0.334 e. The van der Waals surface area contributed by atoms with Gasteiger partial charge in [-0.1, -0.05) is 43.7 Å². The standard InChI is InChI=1S/C15H20O2/c1-4-8-14(15(16)17-12(2)3)11-13-9-6-5-7-10-13/h5-7,9-12H,4,8H2,1-3H3. The molecule has 17 heavy (non-hydrogen) atoms. The van der Waals surface area contributed by atoms with Gasteiger partial charge in [-0.3, -0.25) is 0 Å². The van der Waals surface area contributed by atoms with Crippen molar-refractivity contribution in [1.82, 2.24) is 0 Å². The quantitative estimate of drug-likeness (QED) is 0.570. The van der Waals surface area contributed by atoms with E-state index in [0.717, 1.165) is 24.0 Å². The van der Waals surface area contributed by atoms with Crippen molar-refractivity contribution < 1.29 is 9.53 Å². The van der Waals surface area contributed by atoms with Gasteiger partial charge in [0, 0.05) is 5.57 Å². The van der Waals surface area contributed by atoms with Gasteiger partial charge in [0.05, 0.1) is 6.10 Å². The third-order valence-electron chi connectivity index (χ3n) is 2.26. The molecule has 0 atom stereocenters. The van der Waals surface area contributed by atoms with Crippen LogP contribution in [0.15, 0.2) is 35.9 Å². The summed E-state index contributed by atoms with van der Waals surface area (Å²) >= 11 is 0. The number of rotatable bonds is 5. The molecule has 0 amide bonds. The fourth-order valence-corrected chi connectivity index (χ4v) is 1.54. The average Bonchev–Trinajstić information content (AvgIpc) is 2.29. The molecule has 0 aliphatic carbocycles. The second-order valence-electron chi connectivity index (χ2n) is 4.28. The Balaban J connectivity index is 2.85. The minimum absolute atomic E-state index is 0.0708. The second kappa shape index (κ2) is 6.89. The van der Waals surface area contributed by atoms with E-state index in [1.165, 1.54) is 0 Å². The van der Waals surface area contributed by atoms with Gasteiger partial charge in [-0.15, -0.1) is 0 Å². The number of hydrogen-bond acceptors (Lipinski definition) is 2. The summed E-state index contributed by atoms with van der Waals surface area (Å²) < 4.78 is 5.23. The van der Waals surface area contributed by atoms with Crippen molar-refractivity contribution in [2.75, 3.05) is 0 Å². The van der Waals surface area contributed by atoms with Crippen LogP contribution in [0.2, 0.25) is 0 Å². The van der Waals surface area contributed by atoms with Gasteiger partial charge in [0.25, 0.3) is 0 Å². The predicted octanol–water partition coefficient (Wildman–Crippen LogP) is 3.82. The van der Waals surface area contributed by atoms with Crippen molar-refractivity contribution in [3.8, 4) is 0 Å². The predicted molar refractivity (Wildman–Crippen MR) is 70.6 cm³/mol. The summed E-state index contributed by atoms with van der Waals surface area (Å²) in [6, 6.07) is 9.85. The molecule has 0 fully saturated rings. The van der Waals surface area contributed by atoms with Gasteiger partial charge in [0.15, 0.2) is 0 Å². The Morgan fingerprint density at radius 2 is 1.94 bits per heavy atom. The SMILES string of the molecule is CCCC(=Cc1ccccc1)C(=O)OC(C)C. The zero-order valence-corrected chi connectivity index (χ0v) is 10.8. The van der Waals surface area contributed by atoms with Gasteiger partial charge >= 0.3 is 5.97 Å². The lowest BCUT2D eigenvalue weighted by Gasteiger charge is -2.10. The first-order valence-corrected chi connectivity index (χ1v) is 6.10. The number of carbonyl (C=O) groups is 1. The summed E-state index contributed by atoms with van der Waals surface area (Å²) in [5.41, 5.74) is 1.78. The Morgan fingerprint density at radius 1 is 1.29 bits per heavy atom. The molecule has 1 aromatic carbocycles. The highest BCUT2D eigenvalue weighted by atomic mass is 16.5. The van der Waals surface area contributed by atoms with Crippen molar-refractivity contribution in [2.45, 2.75) is 39.7 Å². The van der Waals surface area contributed by atoms with Crippen molar-refractivity contribution in [3.05, 3.63) is 41.5 Å². The highest BCUT2D eigenvalue weighted by molar-refractivity contribution is 5.93. The van der Waals surface area contributed by atoms with Crippen molar-refractivity contribution >= 4 is 12.0 Å². The molecule has 0 unspecified atom stereocenters. The van der Waals surface area contributed by atoms with E-state index in [2.05, 4.69) is 6.92 Å². The fraction of sp³-hybridized carbons (Fsp3) is 0.400. The normalized spacial score (nSPS) is 11.6. The van der Waals surface area contributed by atoms with Crippen LogP contribution in [0.4, 0.5) is 0 Å². The van der Waals surface area contributed by atoms with Gasteiger partial charge in [0.2, 0.25) is 0 Å². The van der Waals surface area contributed by atoms with Crippen molar-refractivity contribution in [2.24, 2.45) is 0 Å². The van der Waals surface area contributed by atoms with E-state index in [1.807, 2.05) is 50.3 Å². The Hall–Kier alpha value is -1.57. The van der Waals surface area contributed by atoms with Crippen LogP contribution in [0, 0.1) is 0 Å². The zero-order chi connectivity index (χ0) is 12.7. The first kappa shape index (κ1) is 13.5. The number of ether oxygens (including phenoxy) is 1. The van der Waals surface area contributed by atoms with Gasteiger partial charge in [0.1, 0.15) is 0 Å². The number of hydrogen-bond donors (Lipinski definition) is 0. The van der Waals surface area contributed by atoms with Crippen LogP contribution in [-0.2, 0) is 9.53 Å². The molecule has 0 spiro atoms. The van der Waals surface area contributed by atoms with Crippen LogP contribution < -0.4 is 0 Å². The summed E-state index contributed by atoms with van der Waals surface area (Å²) in [6.45, 7) is 5.79. The van der Waals surface area contributed by atoms with Crippen LogP contribution in [0.5, 0.6) is 0 Å². The van der Waals surface area contributed by atoms with Gasteiger partial charge in [-0.2, -0.15) is 0 Å². The summed E-state index contributed by atoms with van der Waals surface area (Å²) in [5.74, 6) is -0.203. The van der Waals surface area contributed by atoms with E-state index in [9.17, 15) is 4.79 Å². The van der Waals surface area contributed by atoms with E-state index in [4.69, 9.17) is 4.74 Å². The maximum absolute atomic E-state index is 11.9. The molecule has 0 N–H and O–H groups in total. The highest BCUT2D eigenvalue weighted by Crippen LogP contribution is 2.14. The summed E-state index contributed by atoms with van der Waals surface area (Å²) in [6.07, 6.45) is 3.53. The molecule has 0 aliphatic rings. The van der Waals surface area contributed by atoms with Crippen molar-refractivity contribution in [3.63, 3.8) is 0 Å². The van der Waals surface area contributed by atoms with E-state index in [0.29, 0.717) is 0 Å². The first-order valence-electron chi connectivity index (χ1n) is 6.10. The topological polar surface area (TPSA) is 26.3 Å². The summed E-state index contributed by atoms with van der Waals surface area (Å²) in [5, 5.41) is 0. The first-order chi connectivity index (χ1) is 8.13. The van der Waals surface area contributed by atoms with Gasteiger partial charge in [-0.25, -0.2) is 4.79 Å². The van der Waals surface area contributed by atoms with Crippen LogP contribution in [0.3, 0.4) is 0 Å². The maximum atomic E-state index is 11.9. The lowest BCUT2D eigenvalue weighted by atomic mass is 10.1. The molecular formula is C15H20O2. The third kappa shape index (κ3) is 4.85. The molecule has 0 bridgehead atoms. The molecule has 0 radical (unpaired) electrons. The van der Waals surface area contributed by atoms with Gasteiger partial charge in [-0.05, 0) is 31.9 Å². The fourth-order valence-electron chi connectivity index (χ4n) is 1.54. The molecule has 1 aromatic rings. The number of carbonyl (C=O) groups excluding carboxylic acids is 1. The molecule has 92 valence electrons. The monoisotopic (exact) mass is 232 g/mol. The molecule has 0 saturated heterocycles. The Morgan fingerprint density at radius 3 is 2.47 bits per heavy atom. The van der Waals surface area contributed by atoms with Crippen LogP contribution in [0.25, 0.3) is 6.08 Å². The minimum atomic E-state index is -0.203. The number of benzene rings is 1. The summed E-state index contributed by atoms with van der Waals surface area (Å²) in [7, 11) is 0. The Bertz CT molecular complexity index is 377. The van der Waals surface area contributed by atoms with Crippen LogP contribution >= 0.6 is 0 Å². The molecule has 1 rings (SSSR count). The molecule has 2 heteroatoms. The molecular weight excluding hydrogens is 212 g/mol. The lowest BCUT2D eigenvalue weighted by molar-refractivity contribution is -0.142. The van der Waals surface area contributed by atoms with Crippen molar-refractivity contribution in [1.29, 1.82) is 0 Å². The highest BCUT2D eigenvalue weighted by Gasteiger charge is 2.11. The third-order valence-corrected chi connectivity index (χ3v) is 2.26. The van der Waals surface area contributed by atoms with Crippen LogP contribution in [0.1, 0.15) is 39.2 Å². The van der Waals surface area contributed by atoms with E-state index < -0.39 is 0 Å². The Labute approximate surface area is 103 Å². The van der Waals surface area contributed by atoms with E-state index >= 15 is 0 Å². The molecule has 0 aliphatic heterocycles. The molecule has 2 nitrogen and oxygen atoms in total. The van der Waals surface area contributed by atoms with E-state index in [1.54, 1.807) is 0 Å². The molecule has 0 aromatic heterocycles. The number of esters is 1. The van der Waals surface area contributed by atoms with Crippen LogP contribution in [-0.4, -0.2) is 12.1 Å². The largest absolute Gasteiger partial charge is 0.460 e. The average molecular weight is 232 g/mol. The molecule has 0 saturated carbocycles.